The van der Waals surface area contributed by atoms with Gasteiger partial charge in [-0.15, -0.1) is 6.58 Å². The number of allylic oxidation sites excluding steroid dienone is 1. The molecule has 0 nitrogen and oxygen atoms in total. The van der Waals surface area contributed by atoms with Crippen molar-refractivity contribution in [1.82, 2.24) is 0 Å². The summed E-state index contributed by atoms with van der Waals surface area (Å²) in [5.41, 5.74) is 3.79. The van der Waals surface area contributed by atoms with Crippen molar-refractivity contribution in [2.24, 2.45) is 0 Å². The molecule has 0 aromatic heterocycles. The van der Waals surface area contributed by atoms with Gasteiger partial charge in [-0.2, -0.15) is 0 Å². The fourth-order valence-electron chi connectivity index (χ4n) is 3.49. The van der Waals surface area contributed by atoms with E-state index in [0.717, 1.165) is 34.7 Å². The van der Waals surface area contributed by atoms with Crippen LogP contribution in [0.25, 0.3) is 33.0 Å². The van der Waals surface area contributed by atoms with E-state index in [4.69, 9.17) is 11.6 Å². The highest BCUT2D eigenvalue weighted by Crippen LogP contribution is 2.31. The van der Waals surface area contributed by atoms with Gasteiger partial charge in [0.25, 0.3) is 0 Å². The van der Waals surface area contributed by atoms with Gasteiger partial charge < -0.3 is 0 Å². The maximum absolute atomic E-state index is 14.8. The average Bonchev–Trinajstić information content (AvgIpc) is 2.73. The predicted molar refractivity (Wildman–Crippen MR) is 118 cm³/mol. The monoisotopic (exact) mass is 404 g/mol. The van der Waals surface area contributed by atoms with Crippen LogP contribution in [0.4, 0.5) is 8.78 Å². The molecule has 0 atom stereocenters. The first-order valence-corrected chi connectivity index (χ1v) is 9.82. The molecule has 0 heterocycles. The molecule has 0 aliphatic heterocycles. The number of halogens is 3. The topological polar surface area (TPSA) is 0 Å². The van der Waals surface area contributed by atoms with Crippen LogP contribution in [0.3, 0.4) is 0 Å². The van der Waals surface area contributed by atoms with Crippen LogP contribution in [0.15, 0.2) is 85.5 Å². The quantitative estimate of drug-likeness (QED) is 0.294. The van der Waals surface area contributed by atoms with Crippen molar-refractivity contribution in [1.29, 1.82) is 0 Å². The van der Waals surface area contributed by atoms with E-state index >= 15 is 0 Å². The third-order valence-corrected chi connectivity index (χ3v) is 5.38. The molecule has 4 aromatic carbocycles. The van der Waals surface area contributed by atoms with Crippen molar-refractivity contribution in [3.05, 3.63) is 108 Å². The zero-order chi connectivity index (χ0) is 20.4. The molecule has 144 valence electrons. The van der Waals surface area contributed by atoms with Crippen molar-refractivity contribution in [2.45, 2.75) is 12.8 Å². The summed E-state index contributed by atoms with van der Waals surface area (Å²) in [7, 11) is 0. The summed E-state index contributed by atoms with van der Waals surface area (Å²) < 4.78 is 28.5. The van der Waals surface area contributed by atoms with Gasteiger partial charge in [0.15, 0.2) is 0 Å². The Labute approximate surface area is 174 Å². The van der Waals surface area contributed by atoms with E-state index in [2.05, 4.69) is 36.9 Å². The Kier molecular flexibility index (Phi) is 5.46. The van der Waals surface area contributed by atoms with Gasteiger partial charge in [0.05, 0.1) is 5.02 Å². The number of benzene rings is 4. The van der Waals surface area contributed by atoms with E-state index in [9.17, 15) is 8.78 Å². The van der Waals surface area contributed by atoms with Crippen LogP contribution in [0.5, 0.6) is 0 Å². The maximum Gasteiger partial charge on any atom is 0.142 e. The number of rotatable bonds is 5. The number of fused-ring (bicyclic) bond motifs is 1. The van der Waals surface area contributed by atoms with Crippen molar-refractivity contribution in [3.8, 4) is 22.3 Å². The molecule has 0 saturated carbocycles. The third-order valence-electron chi connectivity index (χ3n) is 5.07. The maximum atomic E-state index is 14.8. The molecule has 3 heteroatoms. The first-order chi connectivity index (χ1) is 14.0. The second-order valence-corrected chi connectivity index (χ2v) is 7.45. The van der Waals surface area contributed by atoms with Gasteiger partial charge in [-0.05, 0) is 70.1 Å². The Morgan fingerprint density at radius 3 is 2.14 bits per heavy atom. The van der Waals surface area contributed by atoms with Crippen molar-refractivity contribution >= 4 is 22.4 Å². The highest BCUT2D eigenvalue weighted by molar-refractivity contribution is 6.30. The van der Waals surface area contributed by atoms with Gasteiger partial charge in [0.1, 0.15) is 11.6 Å². The number of hydrogen-bond acceptors (Lipinski definition) is 0. The molecule has 0 amide bonds. The molecule has 0 aliphatic carbocycles. The Morgan fingerprint density at radius 1 is 0.724 bits per heavy atom. The zero-order valence-electron chi connectivity index (χ0n) is 15.8. The Balaban J connectivity index is 1.67. The first kappa shape index (κ1) is 19.4. The first-order valence-electron chi connectivity index (χ1n) is 9.44. The summed E-state index contributed by atoms with van der Waals surface area (Å²) in [5, 5.41) is 2.28. The fourth-order valence-corrected chi connectivity index (χ4v) is 3.61. The molecule has 4 aromatic rings. The van der Waals surface area contributed by atoms with Crippen molar-refractivity contribution in [3.63, 3.8) is 0 Å². The number of aryl methyl sites for hydroxylation is 1. The molecule has 0 N–H and O–H groups in total. The summed E-state index contributed by atoms with van der Waals surface area (Å²) in [6.07, 6.45) is 3.84. The Bertz CT molecular complexity index is 1210. The van der Waals surface area contributed by atoms with Crippen LogP contribution >= 0.6 is 11.6 Å². The lowest BCUT2D eigenvalue weighted by Crippen LogP contribution is -1.89. The molecular weight excluding hydrogens is 386 g/mol. The molecule has 0 radical (unpaired) electrons. The number of hydrogen-bond donors (Lipinski definition) is 0. The van der Waals surface area contributed by atoms with Crippen molar-refractivity contribution in [2.75, 3.05) is 0 Å². The van der Waals surface area contributed by atoms with Crippen LogP contribution in [0.2, 0.25) is 5.02 Å². The summed E-state index contributed by atoms with van der Waals surface area (Å²) in [4.78, 5) is 0. The minimum atomic E-state index is -0.561. The van der Waals surface area contributed by atoms with E-state index in [-0.39, 0.29) is 5.02 Å². The smallest absolute Gasteiger partial charge is 0.142 e. The van der Waals surface area contributed by atoms with Gasteiger partial charge in [0, 0.05) is 5.56 Å². The van der Waals surface area contributed by atoms with Crippen LogP contribution in [0, 0.1) is 11.6 Å². The molecule has 0 fully saturated rings. The lowest BCUT2D eigenvalue weighted by molar-refractivity contribution is 0.625. The second kappa shape index (κ2) is 8.18. The van der Waals surface area contributed by atoms with E-state index < -0.39 is 11.6 Å². The largest absolute Gasteiger partial charge is 0.206 e. The molecule has 0 spiro atoms. The van der Waals surface area contributed by atoms with Crippen LogP contribution in [-0.2, 0) is 6.42 Å². The van der Waals surface area contributed by atoms with Crippen molar-refractivity contribution < 1.29 is 8.78 Å². The molecule has 29 heavy (non-hydrogen) atoms. The van der Waals surface area contributed by atoms with Gasteiger partial charge in [-0.3, -0.25) is 0 Å². The summed E-state index contributed by atoms with van der Waals surface area (Å²) in [6.45, 7) is 3.77. The molecule has 0 aliphatic rings. The minimum absolute atomic E-state index is 0.0228. The van der Waals surface area contributed by atoms with Gasteiger partial charge in [0.2, 0.25) is 0 Å². The summed E-state index contributed by atoms with van der Waals surface area (Å²) in [6, 6.07) is 21.8. The molecule has 4 rings (SSSR count). The highest BCUT2D eigenvalue weighted by atomic mass is 35.5. The third kappa shape index (κ3) is 4.08. The van der Waals surface area contributed by atoms with Gasteiger partial charge in [-0.1, -0.05) is 66.2 Å². The standard InChI is InChI=1S/C26H19ClF2/c1-2-3-4-17-5-6-19-14-20(8-7-18(19)13-17)21-9-11-23(25(28)15-21)22-10-12-24(27)26(29)16-22/h2,5-16H,1,3-4H2. The summed E-state index contributed by atoms with van der Waals surface area (Å²) in [5.74, 6) is -0.960. The fraction of sp³-hybridized carbons (Fsp3) is 0.0769. The Morgan fingerprint density at radius 2 is 1.38 bits per heavy atom. The molecule has 0 unspecified atom stereocenters. The lowest BCUT2D eigenvalue weighted by atomic mass is 9.96. The molecule has 0 saturated heterocycles. The molecular formula is C26H19ClF2. The summed E-state index contributed by atoms with van der Waals surface area (Å²) >= 11 is 5.72. The highest BCUT2D eigenvalue weighted by Gasteiger charge is 2.10. The predicted octanol–water partition coefficient (Wildman–Crippen LogP) is 8.22. The Hall–Kier alpha value is -2.97. The van der Waals surface area contributed by atoms with Crippen LogP contribution < -0.4 is 0 Å². The SMILES string of the molecule is C=CCCc1ccc2cc(-c3ccc(-c4ccc(Cl)c(F)c4)c(F)c3)ccc2c1. The van der Waals surface area contributed by atoms with E-state index in [1.807, 2.05) is 18.2 Å². The van der Waals surface area contributed by atoms with Gasteiger partial charge in [-0.25, -0.2) is 8.78 Å². The van der Waals surface area contributed by atoms with Crippen LogP contribution in [-0.4, -0.2) is 0 Å². The van der Waals surface area contributed by atoms with E-state index in [0.29, 0.717) is 11.1 Å². The normalized spacial score (nSPS) is 11.0. The van der Waals surface area contributed by atoms with E-state index in [1.54, 1.807) is 12.1 Å². The van der Waals surface area contributed by atoms with E-state index in [1.165, 1.54) is 23.8 Å². The van der Waals surface area contributed by atoms with Crippen LogP contribution in [0.1, 0.15) is 12.0 Å². The second-order valence-electron chi connectivity index (χ2n) is 7.05. The zero-order valence-corrected chi connectivity index (χ0v) is 16.5. The average molecular weight is 405 g/mol. The lowest BCUT2D eigenvalue weighted by Gasteiger charge is -2.09. The minimum Gasteiger partial charge on any atom is -0.206 e. The molecule has 0 bridgehead atoms. The van der Waals surface area contributed by atoms with Gasteiger partial charge >= 0.3 is 0 Å².